The number of nitrogens with zero attached hydrogens (tertiary/aromatic N) is 4. The molecule has 0 radical (unpaired) electrons. The van der Waals surface area contributed by atoms with E-state index in [1.807, 2.05) is 12.1 Å². The molecule has 0 saturated carbocycles. The van der Waals surface area contributed by atoms with Crippen molar-refractivity contribution >= 4 is 51.7 Å². The average molecular weight is 695 g/mol. The summed E-state index contributed by atoms with van der Waals surface area (Å²) in [6.07, 6.45) is 2.10. The fourth-order valence-corrected chi connectivity index (χ4v) is 13.3. The zero-order chi connectivity index (χ0) is 35.2. The summed E-state index contributed by atoms with van der Waals surface area (Å²) in [6.45, 7) is 0. The standard InChI is InChI=1S/C48H34N4Si/c1-5-17-36(18-6-1)46-47(37-19-7-2-8-20-37)51-34-33-41(49-48(51)50-46)35-29-31-38(32-30-35)52-42-25-13-15-27-44(42)53(39-21-9-3-10-22-39,40-23-11-4-12-24-40)45-28-16-14-26-43(45)52/h1-34H. The summed E-state index contributed by atoms with van der Waals surface area (Å²) in [6, 6.07) is 72.0. The molecule has 0 unspecified atom stereocenters. The summed E-state index contributed by atoms with van der Waals surface area (Å²) in [4.78, 5) is 12.7. The van der Waals surface area contributed by atoms with E-state index in [9.17, 15) is 0 Å². The maximum atomic E-state index is 5.12. The number of aromatic nitrogens is 3. The summed E-state index contributed by atoms with van der Waals surface area (Å²) in [5.74, 6) is 0.672. The Morgan fingerprint density at radius 2 is 0.887 bits per heavy atom. The minimum atomic E-state index is -2.65. The third-order valence-electron chi connectivity index (χ3n) is 10.5. The van der Waals surface area contributed by atoms with Gasteiger partial charge in [-0.25, -0.2) is 9.97 Å². The predicted molar refractivity (Wildman–Crippen MR) is 221 cm³/mol. The van der Waals surface area contributed by atoms with E-state index in [2.05, 4.69) is 204 Å². The van der Waals surface area contributed by atoms with E-state index < -0.39 is 8.07 Å². The first-order chi connectivity index (χ1) is 26.3. The van der Waals surface area contributed by atoms with Gasteiger partial charge in [-0.15, -0.1) is 0 Å². The minimum Gasteiger partial charge on any atom is -0.311 e. The molecule has 7 aromatic carbocycles. The second-order valence-corrected chi connectivity index (χ2v) is 17.2. The maximum absolute atomic E-state index is 5.12. The van der Waals surface area contributed by atoms with Crippen LogP contribution in [0.2, 0.25) is 0 Å². The van der Waals surface area contributed by atoms with Gasteiger partial charge < -0.3 is 4.90 Å². The van der Waals surface area contributed by atoms with Gasteiger partial charge in [-0.05, 0) is 51.1 Å². The summed E-state index contributed by atoms with van der Waals surface area (Å²) < 4.78 is 2.10. The van der Waals surface area contributed by atoms with Gasteiger partial charge in [0.1, 0.15) is 0 Å². The normalized spacial score (nSPS) is 13.0. The van der Waals surface area contributed by atoms with Crippen LogP contribution < -0.4 is 25.6 Å². The molecular weight excluding hydrogens is 661 g/mol. The second-order valence-electron chi connectivity index (χ2n) is 13.4. The number of imidazole rings is 1. The maximum Gasteiger partial charge on any atom is 0.235 e. The molecule has 1 aliphatic rings. The average Bonchev–Trinajstić information content (AvgIpc) is 3.63. The lowest BCUT2D eigenvalue weighted by molar-refractivity contribution is 1.12. The lowest BCUT2D eigenvalue weighted by atomic mass is 10.1. The van der Waals surface area contributed by atoms with Gasteiger partial charge in [-0.2, -0.15) is 0 Å². The van der Waals surface area contributed by atoms with E-state index in [1.165, 1.54) is 32.1 Å². The Bertz CT molecular complexity index is 2620. The van der Waals surface area contributed by atoms with Gasteiger partial charge in [0.25, 0.3) is 0 Å². The van der Waals surface area contributed by atoms with Crippen molar-refractivity contribution in [3.8, 4) is 33.8 Å². The highest BCUT2D eigenvalue weighted by Gasteiger charge is 2.48. The molecule has 0 N–H and O–H groups in total. The largest absolute Gasteiger partial charge is 0.311 e. The first-order valence-corrected chi connectivity index (χ1v) is 20.0. The van der Waals surface area contributed by atoms with Crippen LogP contribution in [0.3, 0.4) is 0 Å². The highest BCUT2D eigenvalue weighted by molar-refractivity contribution is 7.21. The van der Waals surface area contributed by atoms with E-state index in [-0.39, 0.29) is 0 Å². The summed E-state index contributed by atoms with van der Waals surface area (Å²) in [5.41, 5.74) is 9.60. The van der Waals surface area contributed by atoms with Crippen molar-refractivity contribution < 1.29 is 0 Å². The minimum absolute atomic E-state index is 0.672. The molecule has 53 heavy (non-hydrogen) atoms. The van der Waals surface area contributed by atoms with Crippen LogP contribution >= 0.6 is 0 Å². The second kappa shape index (κ2) is 12.7. The Hall–Kier alpha value is -6.82. The van der Waals surface area contributed by atoms with E-state index in [0.29, 0.717) is 5.78 Å². The number of fused-ring (bicyclic) bond motifs is 3. The number of para-hydroxylation sites is 2. The van der Waals surface area contributed by atoms with Crippen LogP contribution in [0.5, 0.6) is 0 Å². The first kappa shape index (κ1) is 31.0. The van der Waals surface area contributed by atoms with Gasteiger partial charge in [0.05, 0.1) is 17.1 Å². The Labute approximate surface area is 310 Å². The van der Waals surface area contributed by atoms with Gasteiger partial charge in [0.2, 0.25) is 5.78 Å². The molecule has 0 saturated heterocycles. The topological polar surface area (TPSA) is 33.4 Å². The third kappa shape index (κ3) is 4.97. The molecule has 3 heterocycles. The van der Waals surface area contributed by atoms with Gasteiger partial charge >= 0.3 is 0 Å². The van der Waals surface area contributed by atoms with Crippen LogP contribution in [-0.4, -0.2) is 22.4 Å². The van der Waals surface area contributed by atoms with Crippen molar-refractivity contribution in [2.24, 2.45) is 0 Å². The molecule has 5 heteroatoms. The van der Waals surface area contributed by atoms with Crippen molar-refractivity contribution in [2.45, 2.75) is 0 Å². The molecule has 0 aliphatic carbocycles. The Morgan fingerprint density at radius 3 is 1.45 bits per heavy atom. The number of rotatable bonds is 6. The Morgan fingerprint density at radius 1 is 0.396 bits per heavy atom. The molecule has 0 fully saturated rings. The van der Waals surface area contributed by atoms with Gasteiger partial charge in [-0.1, -0.05) is 170 Å². The molecule has 0 amide bonds. The van der Waals surface area contributed by atoms with Gasteiger partial charge in [-0.3, -0.25) is 4.40 Å². The highest BCUT2D eigenvalue weighted by Crippen LogP contribution is 2.39. The molecule has 4 nitrogen and oxygen atoms in total. The Kier molecular flexibility index (Phi) is 7.44. The molecule has 0 bridgehead atoms. The van der Waals surface area contributed by atoms with E-state index >= 15 is 0 Å². The molecule has 0 atom stereocenters. The van der Waals surface area contributed by atoms with Crippen LogP contribution in [0, 0.1) is 0 Å². The number of hydrogen-bond acceptors (Lipinski definition) is 3. The quantitative estimate of drug-likeness (QED) is 0.163. The van der Waals surface area contributed by atoms with Crippen LogP contribution in [0.25, 0.3) is 39.5 Å². The Balaban J connectivity index is 1.09. The summed E-state index contributed by atoms with van der Waals surface area (Å²) in [5, 5.41) is 5.53. The van der Waals surface area contributed by atoms with Crippen LogP contribution in [-0.2, 0) is 0 Å². The highest BCUT2D eigenvalue weighted by atomic mass is 28.3. The predicted octanol–water partition coefficient (Wildman–Crippen LogP) is 8.89. The fraction of sp³-hybridized carbons (Fsp3) is 0. The van der Waals surface area contributed by atoms with Crippen molar-refractivity contribution in [3.63, 3.8) is 0 Å². The molecule has 250 valence electrons. The molecular formula is C48H34N4Si. The monoisotopic (exact) mass is 694 g/mol. The van der Waals surface area contributed by atoms with E-state index in [1.54, 1.807) is 0 Å². The summed E-state index contributed by atoms with van der Waals surface area (Å²) in [7, 11) is -2.65. The van der Waals surface area contributed by atoms with Crippen molar-refractivity contribution in [1.29, 1.82) is 0 Å². The van der Waals surface area contributed by atoms with Gasteiger partial charge in [0, 0.05) is 39.9 Å². The van der Waals surface area contributed by atoms with Crippen LogP contribution in [0.1, 0.15) is 0 Å². The smallest absolute Gasteiger partial charge is 0.235 e. The van der Waals surface area contributed by atoms with Crippen LogP contribution in [0.4, 0.5) is 17.1 Å². The first-order valence-electron chi connectivity index (χ1n) is 18.0. The fourth-order valence-electron chi connectivity index (χ4n) is 8.23. The molecule has 2 aromatic heterocycles. The molecule has 10 rings (SSSR count). The zero-order valence-electron chi connectivity index (χ0n) is 28.9. The zero-order valence-corrected chi connectivity index (χ0v) is 29.9. The van der Waals surface area contributed by atoms with Crippen molar-refractivity contribution in [1.82, 2.24) is 14.4 Å². The lowest BCUT2D eigenvalue weighted by Crippen LogP contribution is -2.77. The van der Waals surface area contributed by atoms with Crippen LogP contribution in [0.15, 0.2) is 206 Å². The van der Waals surface area contributed by atoms with Crippen molar-refractivity contribution in [2.75, 3.05) is 4.90 Å². The number of hydrogen-bond donors (Lipinski definition) is 0. The van der Waals surface area contributed by atoms with E-state index in [4.69, 9.17) is 9.97 Å². The van der Waals surface area contributed by atoms with Gasteiger partial charge in [0.15, 0.2) is 8.07 Å². The molecule has 0 spiro atoms. The number of anilines is 3. The SMILES string of the molecule is c1ccc(-c2nc3nc(-c4ccc(N5c6ccccc6[Si](c6ccccc6)(c6ccccc6)c6ccccc65)cc4)ccn3c2-c2ccccc2)cc1. The third-order valence-corrected chi connectivity index (χ3v) is 15.4. The number of benzene rings is 7. The molecule has 1 aliphatic heterocycles. The lowest BCUT2D eigenvalue weighted by Gasteiger charge is -2.45. The van der Waals surface area contributed by atoms with Crippen molar-refractivity contribution in [3.05, 3.63) is 206 Å². The summed E-state index contributed by atoms with van der Waals surface area (Å²) >= 11 is 0. The van der Waals surface area contributed by atoms with E-state index in [0.717, 1.165) is 39.5 Å². The molecule has 9 aromatic rings.